The molecule has 3 aliphatic rings. The summed E-state index contributed by atoms with van der Waals surface area (Å²) in [6, 6.07) is 6.01. The fraction of sp³-hybridized carbons (Fsp3) is 0.633. The molecule has 0 unspecified atom stereocenters. The Labute approximate surface area is 235 Å². The van der Waals surface area contributed by atoms with Crippen molar-refractivity contribution in [1.82, 2.24) is 0 Å². The van der Waals surface area contributed by atoms with Crippen LogP contribution < -0.4 is 0 Å². The van der Waals surface area contributed by atoms with E-state index in [-0.39, 0.29) is 29.6 Å². The number of Topliss-reactive ketones (excluding diaryl/α,β-unsaturated/α-hetero) is 1. The van der Waals surface area contributed by atoms with E-state index in [2.05, 4.69) is 6.58 Å². The number of halogens is 1. The summed E-state index contributed by atoms with van der Waals surface area (Å²) in [7, 11) is -4.23. The summed E-state index contributed by atoms with van der Waals surface area (Å²) < 4.78 is 57.3. The number of ether oxygens (including phenoxy) is 2. The van der Waals surface area contributed by atoms with Crippen LogP contribution in [0.15, 0.2) is 41.8 Å². The number of esters is 1. The average molecular weight is 579 g/mol. The summed E-state index contributed by atoms with van der Waals surface area (Å²) in [5, 5.41) is 0. The third kappa shape index (κ3) is 4.81. The first-order chi connectivity index (χ1) is 18.7. The number of aryl methyl sites for hydroxylation is 1. The number of carbonyl (C=O) groups excluding carboxylic acids is 3. The predicted octanol–water partition coefficient (Wildman–Crippen LogP) is 4.74. The molecule has 2 bridgehead atoms. The molecule has 0 N–H and O–H groups in total. The Morgan fingerprint density at radius 1 is 1.18 bits per heavy atom. The van der Waals surface area contributed by atoms with Crippen LogP contribution in [0.3, 0.4) is 0 Å². The van der Waals surface area contributed by atoms with Gasteiger partial charge in [0, 0.05) is 22.7 Å². The SMILES string of the molecule is C=C[C@]1(C)C[C@@H](OC(=O)COS(=O)(=O)c2ccc(C)cc2)[C@]2(C)[C@H](C)CC[C@]3(C[C@H](F)C(=O)[C@H]32)[C@@H](C)[C@@H]1OC=O. The zero-order chi connectivity index (χ0) is 29.7. The molecule has 10 heteroatoms. The quantitative estimate of drug-likeness (QED) is 0.188. The molecule has 0 spiro atoms. The van der Waals surface area contributed by atoms with Crippen LogP contribution in [0.1, 0.15) is 58.9 Å². The standard InChI is InChI=1S/C30H39FO8S/c1-7-28(5)15-23(39-24(33)16-38-40(35,36)21-10-8-18(2)9-11-21)29(6)19(3)12-13-30(20(4)27(28)37-17-32)14-22(31)25(34)26(29)30/h7-11,17,19-20,22-23,26-27H,1,12-16H2,2-6H3/t19-,20+,22+,23-,26+,27+,28-,29+,30+/m1/s1. The molecule has 3 aliphatic carbocycles. The zero-order valence-electron chi connectivity index (χ0n) is 23.7. The van der Waals surface area contributed by atoms with E-state index in [9.17, 15) is 22.8 Å². The molecule has 0 amide bonds. The van der Waals surface area contributed by atoms with Gasteiger partial charge in [-0.05, 0) is 56.1 Å². The van der Waals surface area contributed by atoms with Crippen molar-refractivity contribution in [1.29, 1.82) is 0 Å². The Balaban J connectivity index is 1.71. The third-order valence-electron chi connectivity index (χ3n) is 10.4. The van der Waals surface area contributed by atoms with Gasteiger partial charge in [-0.3, -0.25) is 13.8 Å². The molecular weight excluding hydrogens is 539 g/mol. The smallest absolute Gasteiger partial charge is 0.333 e. The summed E-state index contributed by atoms with van der Waals surface area (Å²) in [4.78, 5) is 38.2. The molecule has 1 aromatic rings. The van der Waals surface area contributed by atoms with Gasteiger partial charge in [-0.25, -0.2) is 9.18 Å². The minimum absolute atomic E-state index is 0.00445. The highest BCUT2D eigenvalue weighted by Crippen LogP contribution is 2.68. The summed E-state index contributed by atoms with van der Waals surface area (Å²) in [5.41, 5.74) is -1.81. The van der Waals surface area contributed by atoms with E-state index in [4.69, 9.17) is 13.7 Å². The van der Waals surface area contributed by atoms with Crippen molar-refractivity contribution in [3.63, 3.8) is 0 Å². The van der Waals surface area contributed by atoms with Crippen LogP contribution in [-0.2, 0) is 38.2 Å². The van der Waals surface area contributed by atoms with Crippen molar-refractivity contribution in [2.75, 3.05) is 6.61 Å². The van der Waals surface area contributed by atoms with E-state index in [1.165, 1.54) is 12.1 Å². The molecule has 3 saturated carbocycles. The van der Waals surface area contributed by atoms with Gasteiger partial charge in [-0.15, -0.1) is 6.58 Å². The average Bonchev–Trinajstić information content (AvgIpc) is 3.18. The second-order valence-corrected chi connectivity index (χ2v) is 14.0. The van der Waals surface area contributed by atoms with Crippen LogP contribution in [0, 0.1) is 40.9 Å². The molecule has 4 rings (SSSR count). The minimum atomic E-state index is -4.23. The van der Waals surface area contributed by atoms with Crippen LogP contribution in [0.4, 0.5) is 4.39 Å². The van der Waals surface area contributed by atoms with E-state index in [1.807, 2.05) is 34.6 Å². The van der Waals surface area contributed by atoms with E-state index in [0.717, 1.165) is 5.56 Å². The molecule has 0 radical (unpaired) electrons. The van der Waals surface area contributed by atoms with E-state index in [0.29, 0.717) is 19.3 Å². The lowest BCUT2D eigenvalue weighted by atomic mass is 9.44. The maximum Gasteiger partial charge on any atom is 0.333 e. The van der Waals surface area contributed by atoms with Gasteiger partial charge < -0.3 is 9.47 Å². The number of ketones is 1. The first-order valence-corrected chi connectivity index (χ1v) is 15.1. The highest BCUT2D eigenvalue weighted by molar-refractivity contribution is 7.86. The molecule has 0 aliphatic heterocycles. The first kappa shape index (κ1) is 30.4. The van der Waals surface area contributed by atoms with Crippen LogP contribution in [0.2, 0.25) is 0 Å². The van der Waals surface area contributed by atoms with Gasteiger partial charge in [0.1, 0.15) is 12.2 Å². The highest BCUT2D eigenvalue weighted by Gasteiger charge is 2.71. The number of rotatable bonds is 8. The van der Waals surface area contributed by atoms with Gasteiger partial charge in [-0.2, -0.15) is 8.42 Å². The molecule has 1 aromatic carbocycles. The molecule has 40 heavy (non-hydrogen) atoms. The summed E-state index contributed by atoms with van der Waals surface area (Å²) in [6.07, 6.45) is -0.358. The zero-order valence-corrected chi connectivity index (χ0v) is 24.5. The van der Waals surface area contributed by atoms with Crippen molar-refractivity contribution in [3.05, 3.63) is 42.5 Å². The fourth-order valence-corrected chi connectivity index (χ4v) is 8.71. The lowest BCUT2D eigenvalue weighted by molar-refractivity contribution is -0.211. The van der Waals surface area contributed by atoms with Gasteiger partial charge in [0.2, 0.25) is 0 Å². The van der Waals surface area contributed by atoms with E-state index in [1.54, 1.807) is 18.2 Å². The second-order valence-electron chi connectivity index (χ2n) is 12.4. The third-order valence-corrected chi connectivity index (χ3v) is 11.6. The fourth-order valence-electron chi connectivity index (χ4n) is 7.85. The van der Waals surface area contributed by atoms with Crippen LogP contribution in [-0.4, -0.2) is 51.6 Å². The number of alkyl halides is 1. The Bertz CT molecular complexity index is 1280. The molecule has 9 atom stereocenters. The predicted molar refractivity (Wildman–Crippen MR) is 144 cm³/mol. The molecule has 8 nitrogen and oxygen atoms in total. The number of hydrogen-bond acceptors (Lipinski definition) is 8. The number of carbonyl (C=O) groups is 3. The molecule has 0 aromatic heterocycles. The lowest BCUT2D eigenvalue weighted by Gasteiger charge is -2.61. The summed E-state index contributed by atoms with van der Waals surface area (Å²) in [6.45, 7) is 12.9. The Kier molecular flexibility index (Phi) is 8.10. The lowest BCUT2D eigenvalue weighted by Crippen LogP contribution is -2.63. The topological polar surface area (TPSA) is 113 Å². The van der Waals surface area contributed by atoms with Gasteiger partial charge in [-0.1, -0.05) is 51.5 Å². The largest absolute Gasteiger partial charge is 0.463 e. The second kappa shape index (κ2) is 10.7. The van der Waals surface area contributed by atoms with E-state index >= 15 is 4.39 Å². The molecule has 3 fully saturated rings. The van der Waals surface area contributed by atoms with Gasteiger partial charge in [0.15, 0.2) is 18.6 Å². The van der Waals surface area contributed by atoms with Crippen molar-refractivity contribution in [2.45, 2.75) is 83.6 Å². The molecule has 0 heterocycles. The van der Waals surface area contributed by atoms with E-state index < -0.39 is 69.0 Å². The first-order valence-electron chi connectivity index (χ1n) is 13.7. The van der Waals surface area contributed by atoms with Gasteiger partial charge in [0.05, 0.1) is 4.90 Å². The maximum absolute atomic E-state index is 15.3. The molecule has 220 valence electrons. The van der Waals surface area contributed by atoms with Gasteiger partial charge >= 0.3 is 5.97 Å². The molecule has 0 saturated heterocycles. The monoisotopic (exact) mass is 578 g/mol. The maximum atomic E-state index is 15.3. The van der Waals surface area contributed by atoms with Crippen molar-refractivity contribution in [3.8, 4) is 0 Å². The minimum Gasteiger partial charge on any atom is -0.463 e. The van der Waals surface area contributed by atoms with Crippen LogP contribution in [0.25, 0.3) is 0 Å². The van der Waals surface area contributed by atoms with Crippen molar-refractivity contribution in [2.24, 2.45) is 34.0 Å². The van der Waals surface area contributed by atoms with Crippen molar-refractivity contribution < 1.29 is 40.8 Å². The highest BCUT2D eigenvalue weighted by atomic mass is 32.2. The number of benzene rings is 1. The Hall–Kier alpha value is -2.59. The van der Waals surface area contributed by atoms with Crippen LogP contribution in [0.5, 0.6) is 0 Å². The van der Waals surface area contributed by atoms with Crippen molar-refractivity contribution >= 4 is 28.3 Å². The normalized spacial score (nSPS) is 39.4. The summed E-state index contributed by atoms with van der Waals surface area (Å²) in [5.74, 6) is -2.73. The van der Waals surface area contributed by atoms with Crippen LogP contribution >= 0.6 is 0 Å². The Morgan fingerprint density at radius 3 is 2.42 bits per heavy atom. The summed E-state index contributed by atoms with van der Waals surface area (Å²) >= 11 is 0. The number of hydrogen-bond donors (Lipinski definition) is 0. The molecular formula is C30H39FO8S. The van der Waals surface area contributed by atoms with Gasteiger partial charge in [0.25, 0.3) is 16.6 Å². The Morgan fingerprint density at radius 2 is 1.82 bits per heavy atom.